The van der Waals surface area contributed by atoms with Gasteiger partial charge in [0.25, 0.3) is 0 Å². The summed E-state index contributed by atoms with van der Waals surface area (Å²) in [6, 6.07) is 7.33. The average Bonchev–Trinajstić information content (AvgIpc) is 3.34. The first-order chi connectivity index (χ1) is 12.4. The van der Waals surface area contributed by atoms with E-state index in [0.717, 1.165) is 11.3 Å². The zero-order chi connectivity index (χ0) is 18.7. The van der Waals surface area contributed by atoms with Crippen molar-refractivity contribution in [3.8, 4) is 5.75 Å². The van der Waals surface area contributed by atoms with Crippen LogP contribution in [0.15, 0.2) is 24.3 Å². The van der Waals surface area contributed by atoms with Crippen molar-refractivity contribution in [3.05, 3.63) is 29.8 Å². The zero-order valence-electron chi connectivity index (χ0n) is 14.7. The lowest BCUT2D eigenvalue weighted by Crippen LogP contribution is -2.38. The maximum atomic E-state index is 12.2. The standard InChI is InChI=1S/C18H24N2O5S/c1-25-16-5-3-2-4-12(16)6-8-19-17(21)14-10-15(14)18(22)20-13-7-9-26(23,24)11-13/h2-5,13-15H,6-11H2,1H3,(H,19,21)(H,20,22). The van der Waals surface area contributed by atoms with Crippen molar-refractivity contribution >= 4 is 21.7 Å². The Hall–Kier alpha value is -2.09. The zero-order valence-corrected chi connectivity index (χ0v) is 15.6. The molecule has 2 N–H and O–H groups in total. The van der Waals surface area contributed by atoms with Gasteiger partial charge in [-0.1, -0.05) is 18.2 Å². The van der Waals surface area contributed by atoms with E-state index in [0.29, 0.717) is 25.8 Å². The van der Waals surface area contributed by atoms with Gasteiger partial charge in [-0.05, 0) is 30.9 Å². The normalized spacial score (nSPS) is 26.1. The van der Waals surface area contributed by atoms with Gasteiger partial charge in [-0.15, -0.1) is 0 Å². The predicted octanol–water partition coefficient (Wildman–Crippen LogP) is 0.293. The maximum Gasteiger partial charge on any atom is 0.224 e. The minimum absolute atomic E-state index is 0.00122. The van der Waals surface area contributed by atoms with Crippen LogP contribution in [-0.4, -0.2) is 51.4 Å². The molecule has 1 aromatic rings. The third-order valence-electron chi connectivity index (χ3n) is 4.93. The number of hydrogen-bond acceptors (Lipinski definition) is 5. The highest BCUT2D eigenvalue weighted by Gasteiger charge is 2.48. The van der Waals surface area contributed by atoms with E-state index in [2.05, 4.69) is 10.6 Å². The second-order valence-electron chi connectivity index (χ2n) is 6.91. The quantitative estimate of drug-likeness (QED) is 0.708. The molecule has 26 heavy (non-hydrogen) atoms. The summed E-state index contributed by atoms with van der Waals surface area (Å²) < 4.78 is 28.2. The first-order valence-corrected chi connectivity index (χ1v) is 10.6. The summed E-state index contributed by atoms with van der Waals surface area (Å²) in [6.45, 7) is 0.477. The number of benzene rings is 1. The van der Waals surface area contributed by atoms with Gasteiger partial charge in [0.15, 0.2) is 9.84 Å². The Morgan fingerprint density at radius 3 is 2.62 bits per heavy atom. The molecule has 0 spiro atoms. The second-order valence-corrected chi connectivity index (χ2v) is 9.14. The van der Waals surface area contributed by atoms with E-state index in [1.165, 1.54) is 0 Å². The molecule has 1 aromatic carbocycles. The summed E-state index contributed by atoms with van der Waals surface area (Å²) in [4.78, 5) is 24.4. The van der Waals surface area contributed by atoms with Crippen LogP contribution in [0.1, 0.15) is 18.4 Å². The van der Waals surface area contributed by atoms with Crippen LogP contribution in [0.25, 0.3) is 0 Å². The summed E-state index contributed by atoms with van der Waals surface area (Å²) >= 11 is 0. The molecule has 0 aromatic heterocycles. The van der Waals surface area contributed by atoms with E-state index < -0.39 is 9.84 Å². The van der Waals surface area contributed by atoms with Crippen molar-refractivity contribution in [1.82, 2.24) is 10.6 Å². The monoisotopic (exact) mass is 380 g/mol. The fourth-order valence-electron chi connectivity index (χ4n) is 3.35. The fourth-order valence-corrected chi connectivity index (χ4v) is 5.03. The molecule has 0 bridgehead atoms. The van der Waals surface area contributed by atoms with Crippen LogP contribution in [0.5, 0.6) is 5.75 Å². The lowest BCUT2D eigenvalue weighted by molar-refractivity contribution is -0.127. The molecular weight excluding hydrogens is 356 g/mol. The lowest BCUT2D eigenvalue weighted by Gasteiger charge is -2.11. The van der Waals surface area contributed by atoms with Gasteiger partial charge < -0.3 is 15.4 Å². The van der Waals surface area contributed by atoms with Gasteiger partial charge in [0, 0.05) is 12.6 Å². The van der Waals surface area contributed by atoms with Gasteiger partial charge in [-0.25, -0.2) is 8.42 Å². The molecule has 2 fully saturated rings. The van der Waals surface area contributed by atoms with Gasteiger partial charge >= 0.3 is 0 Å². The van der Waals surface area contributed by atoms with Crippen molar-refractivity contribution < 1.29 is 22.7 Å². The van der Waals surface area contributed by atoms with Gasteiger partial charge in [0.2, 0.25) is 11.8 Å². The number of rotatable bonds is 7. The molecule has 2 amide bonds. The highest BCUT2D eigenvalue weighted by atomic mass is 32.2. The molecular formula is C18H24N2O5S. The van der Waals surface area contributed by atoms with Crippen molar-refractivity contribution in [3.63, 3.8) is 0 Å². The van der Waals surface area contributed by atoms with Gasteiger partial charge in [-0.3, -0.25) is 9.59 Å². The fraction of sp³-hybridized carbons (Fsp3) is 0.556. The third kappa shape index (κ3) is 4.55. The van der Waals surface area contributed by atoms with Crippen LogP contribution >= 0.6 is 0 Å². The highest BCUT2D eigenvalue weighted by molar-refractivity contribution is 7.91. The number of carbonyl (C=O) groups is 2. The largest absolute Gasteiger partial charge is 0.496 e. The van der Waals surface area contributed by atoms with Crippen molar-refractivity contribution in [2.24, 2.45) is 11.8 Å². The van der Waals surface area contributed by atoms with E-state index in [1.807, 2.05) is 24.3 Å². The molecule has 2 aliphatic rings. The smallest absolute Gasteiger partial charge is 0.224 e. The Kier molecular flexibility index (Phi) is 5.50. The molecule has 1 heterocycles. The maximum absolute atomic E-state index is 12.2. The molecule has 3 rings (SSSR count). The molecule has 8 heteroatoms. The Bertz CT molecular complexity index is 793. The topological polar surface area (TPSA) is 102 Å². The molecule has 142 valence electrons. The number of para-hydroxylation sites is 1. The van der Waals surface area contributed by atoms with E-state index >= 15 is 0 Å². The van der Waals surface area contributed by atoms with Crippen molar-refractivity contribution in [2.75, 3.05) is 25.2 Å². The predicted molar refractivity (Wildman–Crippen MR) is 96.5 cm³/mol. The molecule has 3 unspecified atom stereocenters. The molecule has 3 atom stereocenters. The molecule has 1 saturated carbocycles. The average molecular weight is 380 g/mol. The number of hydrogen-bond donors (Lipinski definition) is 2. The summed E-state index contributed by atoms with van der Waals surface area (Å²) in [5.74, 6) is -0.0836. The highest BCUT2D eigenvalue weighted by Crippen LogP contribution is 2.39. The minimum atomic E-state index is -3.02. The van der Waals surface area contributed by atoms with Crippen molar-refractivity contribution in [2.45, 2.75) is 25.3 Å². The number of carbonyl (C=O) groups excluding carboxylic acids is 2. The van der Waals surface area contributed by atoms with Crippen LogP contribution in [-0.2, 0) is 25.8 Å². The Balaban J connectivity index is 1.41. The number of nitrogens with one attached hydrogen (secondary N) is 2. The first kappa shape index (κ1) is 18.7. The van der Waals surface area contributed by atoms with Crippen LogP contribution in [0, 0.1) is 11.8 Å². The van der Waals surface area contributed by atoms with Gasteiger partial charge in [0.1, 0.15) is 5.75 Å². The van der Waals surface area contributed by atoms with Crippen molar-refractivity contribution in [1.29, 1.82) is 0 Å². The number of ether oxygens (including phenoxy) is 1. The molecule has 7 nitrogen and oxygen atoms in total. The number of sulfone groups is 1. The summed E-state index contributed by atoms with van der Waals surface area (Å²) in [5, 5.41) is 5.63. The van der Waals surface area contributed by atoms with E-state index in [1.54, 1.807) is 7.11 Å². The Labute approximate surface area is 153 Å². The molecule has 1 aliphatic carbocycles. The van der Waals surface area contributed by atoms with Crippen LogP contribution in [0.4, 0.5) is 0 Å². The summed E-state index contributed by atoms with van der Waals surface area (Å²) in [5.41, 5.74) is 1.02. The number of amides is 2. The Morgan fingerprint density at radius 2 is 1.92 bits per heavy atom. The van der Waals surface area contributed by atoms with Crippen LogP contribution < -0.4 is 15.4 Å². The van der Waals surface area contributed by atoms with Crippen LogP contribution in [0.2, 0.25) is 0 Å². The second kappa shape index (κ2) is 7.65. The lowest BCUT2D eigenvalue weighted by atomic mass is 10.1. The molecule has 1 aliphatic heterocycles. The SMILES string of the molecule is COc1ccccc1CCNC(=O)C1CC1C(=O)NC1CCS(=O)(=O)C1. The van der Waals surface area contributed by atoms with E-state index in [-0.39, 0.29) is 41.2 Å². The minimum Gasteiger partial charge on any atom is -0.496 e. The first-order valence-electron chi connectivity index (χ1n) is 8.80. The van der Waals surface area contributed by atoms with Gasteiger partial charge in [-0.2, -0.15) is 0 Å². The number of methoxy groups -OCH3 is 1. The van der Waals surface area contributed by atoms with Gasteiger partial charge in [0.05, 0.1) is 30.5 Å². The van der Waals surface area contributed by atoms with E-state index in [9.17, 15) is 18.0 Å². The summed E-state index contributed by atoms with van der Waals surface area (Å²) in [7, 11) is -1.41. The third-order valence-corrected chi connectivity index (χ3v) is 6.70. The molecule has 0 radical (unpaired) electrons. The summed E-state index contributed by atoms with van der Waals surface area (Å²) in [6.07, 6.45) is 1.63. The van der Waals surface area contributed by atoms with Crippen LogP contribution in [0.3, 0.4) is 0 Å². The molecule has 1 saturated heterocycles. The van der Waals surface area contributed by atoms with E-state index in [4.69, 9.17) is 4.74 Å². The Morgan fingerprint density at radius 1 is 1.19 bits per heavy atom.